The van der Waals surface area contributed by atoms with Crippen LogP contribution in [0.4, 0.5) is 0 Å². The van der Waals surface area contributed by atoms with E-state index in [9.17, 15) is 10.4 Å². The van der Waals surface area contributed by atoms with E-state index >= 15 is 0 Å². The number of furan rings is 1. The van der Waals surface area contributed by atoms with Gasteiger partial charge in [0.1, 0.15) is 0 Å². The number of ether oxygens (including phenoxy) is 2. The van der Waals surface area contributed by atoms with Gasteiger partial charge in [0.2, 0.25) is 0 Å². The van der Waals surface area contributed by atoms with E-state index in [4.69, 9.17) is 13.9 Å². The molecule has 7 nitrogen and oxygen atoms in total. The van der Waals surface area contributed by atoms with E-state index in [0.29, 0.717) is 4.85 Å². The maximum Gasteiger partial charge on any atom is 0.343 e. The molecule has 0 unspecified atom stereocenters. The van der Waals surface area contributed by atoms with Crippen molar-refractivity contribution in [3.63, 3.8) is 0 Å². The highest BCUT2D eigenvalue weighted by atomic mass is 16.7. The second kappa shape index (κ2) is 2.72. The Balaban J connectivity index is 2.76. The van der Waals surface area contributed by atoms with Crippen LogP contribution >= 0.6 is 0 Å². The number of aromatic nitrogens is 2. The first-order valence-electron chi connectivity index (χ1n) is 3.74. The largest absolute Gasteiger partial charge is 0.593 e. The van der Waals surface area contributed by atoms with Crippen molar-refractivity contribution in [1.29, 1.82) is 0 Å². The van der Waals surface area contributed by atoms with Gasteiger partial charge in [-0.2, -0.15) is 0 Å². The Morgan fingerprint density at radius 1 is 1.50 bits per heavy atom. The zero-order valence-corrected chi connectivity index (χ0v) is 7.55. The van der Waals surface area contributed by atoms with Crippen LogP contribution in [0.2, 0.25) is 0 Å². The molecule has 2 aromatic rings. The van der Waals surface area contributed by atoms with Crippen LogP contribution in [0.3, 0.4) is 0 Å². The molecule has 0 saturated carbocycles. The van der Waals surface area contributed by atoms with Gasteiger partial charge < -0.3 is 24.3 Å². The summed E-state index contributed by atoms with van der Waals surface area (Å²) in [6.45, 7) is 0. The van der Waals surface area contributed by atoms with Gasteiger partial charge in [-0.15, -0.1) is 0 Å². The lowest BCUT2D eigenvalue weighted by atomic mass is 10.5. The van der Waals surface area contributed by atoms with Gasteiger partial charge in [-0.1, -0.05) is 0 Å². The zero-order chi connectivity index (χ0) is 10.3. The number of methoxy groups -OCH3 is 2. The van der Waals surface area contributed by atoms with E-state index in [0.717, 1.165) is 0 Å². The molecule has 0 saturated heterocycles. The van der Waals surface area contributed by atoms with Crippen molar-refractivity contribution in [3.05, 3.63) is 11.3 Å². The van der Waals surface area contributed by atoms with Crippen LogP contribution in [-0.4, -0.2) is 24.3 Å². The first-order valence-corrected chi connectivity index (χ1v) is 3.74. The van der Waals surface area contributed by atoms with Crippen LogP contribution in [0.5, 0.6) is 11.8 Å². The summed E-state index contributed by atoms with van der Waals surface area (Å²) in [6.07, 6.45) is 0. The highest BCUT2D eigenvalue weighted by molar-refractivity contribution is 5.76. The summed E-state index contributed by atoms with van der Waals surface area (Å²) in [7, 11) is 2.73. The predicted molar refractivity (Wildman–Crippen MR) is 43.5 cm³/mol. The monoisotopic (exact) mass is 200 g/mol. The summed E-state index contributed by atoms with van der Waals surface area (Å²) in [5.74, 6) is 0.108. The van der Waals surface area contributed by atoms with Gasteiger partial charge in [-0.05, 0) is 4.85 Å². The molecule has 2 heterocycles. The molecular formula is C7H8N2O5. The minimum absolute atomic E-state index is 0.0710. The fourth-order valence-corrected chi connectivity index (χ4v) is 1.21. The Morgan fingerprint density at radius 3 is 2.79 bits per heavy atom. The fourth-order valence-electron chi connectivity index (χ4n) is 1.21. The third kappa shape index (κ3) is 0.889. The molecule has 2 aromatic heterocycles. The summed E-state index contributed by atoms with van der Waals surface area (Å²) < 4.78 is 14.7. The molecule has 0 spiro atoms. The van der Waals surface area contributed by atoms with Gasteiger partial charge in [0.05, 0.1) is 25.1 Å². The quantitative estimate of drug-likeness (QED) is 0.423. The fraction of sp³-hybridized carbons (Fsp3) is 0.286. The standard InChI is InChI=1S/C7H8N2O5/c1-12-5-3-4-6(14-5)7(13-2)9(11)8(4)10/h3,11H,1-2H3. The maximum absolute atomic E-state index is 11.3. The summed E-state index contributed by atoms with van der Waals surface area (Å²) in [4.78, 5) is 0.549. The highest BCUT2D eigenvalue weighted by Gasteiger charge is 2.27. The van der Waals surface area contributed by atoms with Crippen molar-refractivity contribution >= 4 is 11.1 Å². The lowest BCUT2D eigenvalue weighted by Crippen LogP contribution is -2.36. The van der Waals surface area contributed by atoms with Crippen LogP contribution in [0, 0.1) is 5.21 Å². The highest BCUT2D eigenvalue weighted by Crippen LogP contribution is 2.29. The Morgan fingerprint density at radius 2 is 2.21 bits per heavy atom. The van der Waals surface area contributed by atoms with E-state index in [2.05, 4.69) is 0 Å². The molecule has 0 aromatic carbocycles. The normalized spacial score (nSPS) is 10.7. The number of fused-ring (bicyclic) bond motifs is 1. The van der Waals surface area contributed by atoms with Crippen LogP contribution in [-0.2, 0) is 0 Å². The molecule has 0 aliphatic heterocycles. The molecule has 0 bridgehead atoms. The smallest absolute Gasteiger partial charge is 0.343 e. The Labute approximate surface area is 78.2 Å². The van der Waals surface area contributed by atoms with Gasteiger partial charge in [0, 0.05) is 0 Å². The molecule has 14 heavy (non-hydrogen) atoms. The number of hydrogen-bond donors (Lipinski definition) is 1. The molecule has 1 N–H and O–H groups in total. The second-order valence-corrected chi connectivity index (χ2v) is 2.56. The predicted octanol–water partition coefficient (Wildman–Crippen LogP) is 0.122. The molecule has 0 aliphatic rings. The molecule has 0 radical (unpaired) electrons. The van der Waals surface area contributed by atoms with Crippen molar-refractivity contribution in [2.45, 2.75) is 0 Å². The maximum atomic E-state index is 11.3. The Kier molecular flexibility index (Phi) is 1.66. The molecule has 2 rings (SSSR count). The summed E-state index contributed by atoms with van der Waals surface area (Å²) in [6, 6.07) is 1.36. The van der Waals surface area contributed by atoms with E-state index in [1.54, 1.807) is 0 Å². The van der Waals surface area contributed by atoms with Crippen LogP contribution in [0.1, 0.15) is 0 Å². The summed E-state index contributed by atoms with van der Waals surface area (Å²) in [5, 5.41) is 20.5. The van der Waals surface area contributed by atoms with Crippen LogP contribution in [0.25, 0.3) is 11.1 Å². The Bertz CT molecular complexity index is 472. The lowest BCUT2D eigenvalue weighted by Gasteiger charge is -1.96. The third-order valence-electron chi connectivity index (χ3n) is 1.84. The molecule has 7 heteroatoms. The first-order chi connectivity index (χ1) is 6.69. The first kappa shape index (κ1) is 8.54. The molecule has 76 valence electrons. The summed E-state index contributed by atoms with van der Waals surface area (Å²) in [5.41, 5.74) is 0.281. The van der Waals surface area contributed by atoms with Gasteiger partial charge >= 0.3 is 11.4 Å². The second-order valence-electron chi connectivity index (χ2n) is 2.56. The minimum atomic E-state index is -0.0710. The van der Waals surface area contributed by atoms with Crippen molar-refractivity contribution < 1.29 is 23.9 Å². The van der Waals surface area contributed by atoms with Crippen molar-refractivity contribution in [1.82, 2.24) is 4.85 Å². The van der Waals surface area contributed by atoms with Gasteiger partial charge in [0.25, 0.3) is 11.5 Å². The number of rotatable bonds is 2. The van der Waals surface area contributed by atoms with Crippen molar-refractivity contribution in [2.24, 2.45) is 0 Å². The third-order valence-corrected chi connectivity index (χ3v) is 1.84. The average molecular weight is 200 g/mol. The minimum Gasteiger partial charge on any atom is -0.593 e. The molecule has 0 amide bonds. The van der Waals surface area contributed by atoms with Gasteiger partial charge in [-0.3, -0.25) is 0 Å². The SMILES string of the molecule is COc1cc2c(o1)c(OC)n(O)[n+]2[O-]. The van der Waals surface area contributed by atoms with E-state index in [1.807, 2.05) is 0 Å². The topological polar surface area (TPSA) is 83.7 Å². The molecular weight excluding hydrogens is 192 g/mol. The lowest BCUT2D eigenvalue weighted by molar-refractivity contribution is -0.703. The average Bonchev–Trinajstić information content (AvgIpc) is 2.69. The van der Waals surface area contributed by atoms with Crippen LogP contribution in [0.15, 0.2) is 10.5 Å². The van der Waals surface area contributed by atoms with E-state index < -0.39 is 0 Å². The molecule has 0 fully saturated rings. The van der Waals surface area contributed by atoms with Crippen LogP contribution < -0.4 is 14.3 Å². The molecule has 0 aliphatic carbocycles. The van der Waals surface area contributed by atoms with Crippen molar-refractivity contribution in [3.8, 4) is 11.8 Å². The molecule has 0 atom stereocenters. The van der Waals surface area contributed by atoms with E-state index in [1.165, 1.54) is 20.3 Å². The van der Waals surface area contributed by atoms with Crippen molar-refractivity contribution in [2.75, 3.05) is 14.2 Å². The Hall–Kier alpha value is -2.05. The number of nitrogens with zero attached hydrogens (tertiary/aromatic N) is 2. The van der Waals surface area contributed by atoms with E-state index in [-0.39, 0.29) is 27.8 Å². The number of hydrogen-bond acceptors (Lipinski definition) is 5. The summed E-state index contributed by atoms with van der Waals surface area (Å²) >= 11 is 0. The van der Waals surface area contributed by atoms with Gasteiger partial charge in [0.15, 0.2) is 0 Å². The van der Waals surface area contributed by atoms with Gasteiger partial charge in [-0.25, -0.2) is 0 Å². The zero-order valence-electron chi connectivity index (χ0n) is 7.55.